The fraction of sp³-hybridized carbons (Fsp3) is 0.312. The maximum atomic E-state index is 13.9. The van der Waals surface area contributed by atoms with Crippen LogP contribution in [0, 0.1) is 5.82 Å². The molecule has 0 radical (unpaired) electrons. The average molecular weight is 370 g/mol. The Kier molecular flexibility index (Phi) is 4.87. The topological polar surface area (TPSA) is 64.1 Å². The lowest BCUT2D eigenvalue weighted by Crippen LogP contribution is -2.13. The van der Waals surface area contributed by atoms with Crippen molar-refractivity contribution in [1.82, 2.24) is 9.97 Å². The minimum atomic E-state index is -0.634. The van der Waals surface area contributed by atoms with Gasteiger partial charge in [0.05, 0.1) is 7.11 Å². The first-order valence-corrected chi connectivity index (χ1v) is 8.08. The smallest absolute Gasteiger partial charge is 0.358 e. The summed E-state index contributed by atoms with van der Waals surface area (Å²) in [5, 5.41) is 3.33. The molecule has 0 saturated heterocycles. The molecule has 3 rings (SSSR count). The molecule has 8 heteroatoms. The predicted octanol–water partition coefficient (Wildman–Crippen LogP) is 4.20. The first-order valence-electron chi connectivity index (χ1n) is 7.33. The Morgan fingerprint density at radius 1 is 1.38 bits per heavy atom. The second-order valence-electron chi connectivity index (χ2n) is 5.45. The van der Waals surface area contributed by atoms with E-state index >= 15 is 0 Å². The van der Waals surface area contributed by atoms with Crippen LogP contribution >= 0.6 is 23.2 Å². The van der Waals surface area contributed by atoms with Crippen LogP contribution in [0.2, 0.25) is 10.0 Å². The molecule has 1 aliphatic rings. The molecule has 0 amide bonds. The molecule has 0 unspecified atom stereocenters. The summed E-state index contributed by atoms with van der Waals surface area (Å²) < 4.78 is 18.6. The van der Waals surface area contributed by atoms with Gasteiger partial charge in [-0.15, -0.1) is 0 Å². The lowest BCUT2D eigenvalue weighted by molar-refractivity contribution is 0.0593. The first kappa shape index (κ1) is 16.9. The number of benzene rings is 1. The number of hydrogen-bond acceptors (Lipinski definition) is 5. The number of carbonyl (C=O) groups excluding carboxylic acids is 1. The quantitative estimate of drug-likeness (QED) is 0.800. The molecule has 1 aromatic carbocycles. The third-order valence-corrected chi connectivity index (χ3v) is 4.24. The number of ether oxygens (including phenoxy) is 1. The van der Waals surface area contributed by atoms with Gasteiger partial charge in [-0.05, 0) is 25.0 Å². The van der Waals surface area contributed by atoms with Gasteiger partial charge in [-0.1, -0.05) is 29.3 Å². The number of esters is 1. The third-order valence-electron chi connectivity index (χ3n) is 3.65. The van der Waals surface area contributed by atoms with E-state index in [0.29, 0.717) is 16.4 Å². The molecular formula is C16H14Cl2FN3O2. The summed E-state index contributed by atoms with van der Waals surface area (Å²) >= 11 is 11.9. The summed E-state index contributed by atoms with van der Waals surface area (Å²) in [5.41, 5.74) is 0.414. The number of halogens is 3. The average Bonchev–Trinajstić information content (AvgIpc) is 3.39. The van der Waals surface area contributed by atoms with Crippen LogP contribution in [-0.2, 0) is 11.3 Å². The van der Waals surface area contributed by atoms with Crippen molar-refractivity contribution in [3.05, 3.63) is 51.1 Å². The third kappa shape index (κ3) is 3.60. The van der Waals surface area contributed by atoms with E-state index in [1.165, 1.54) is 13.2 Å². The molecule has 2 aromatic rings. The van der Waals surface area contributed by atoms with Crippen molar-refractivity contribution in [2.75, 3.05) is 12.4 Å². The normalized spacial score (nSPS) is 13.7. The molecule has 0 bridgehead atoms. The van der Waals surface area contributed by atoms with E-state index in [4.69, 9.17) is 27.9 Å². The summed E-state index contributed by atoms with van der Waals surface area (Å²) in [7, 11) is 1.26. The molecular weight excluding hydrogens is 356 g/mol. The van der Waals surface area contributed by atoms with Gasteiger partial charge in [-0.25, -0.2) is 19.2 Å². The van der Waals surface area contributed by atoms with Gasteiger partial charge in [0.25, 0.3) is 0 Å². The molecule has 0 spiro atoms. The summed E-state index contributed by atoms with van der Waals surface area (Å²) in [5.74, 6) is -0.0264. The van der Waals surface area contributed by atoms with Crippen LogP contribution in [0.3, 0.4) is 0 Å². The fourth-order valence-electron chi connectivity index (χ4n) is 2.18. The first-order chi connectivity index (χ1) is 11.5. The lowest BCUT2D eigenvalue weighted by Gasteiger charge is -2.12. The number of carbonyl (C=O) groups is 1. The maximum absolute atomic E-state index is 13.9. The van der Waals surface area contributed by atoms with Crippen LogP contribution < -0.4 is 5.32 Å². The van der Waals surface area contributed by atoms with Crippen molar-refractivity contribution in [2.45, 2.75) is 25.3 Å². The minimum Gasteiger partial charge on any atom is -0.464 e. The van der Waals surface area contributed by atoms with Crippen molar-refractivity contribution in [2.24, 2.45) is 0 Å². The van der Waals surface area contributed by atoms with Gasteiger partial charge >= 0.3 is 5.97 Å². The summed E-state index contributed by atoms with van der Waals surface area (Å²) in [4.78, 5) is 20.4. The van der Waals surface area contributed by atoms with Crippen LogP contribution in [0.5, 0.6) is 0 Å². The monoisotopic (exact) mass is 369 g/mol. The second-order valence-corrected chi connectivity index (χ2v) is 6.26. The highest BCUT2D eigenvalue weighted by atomic mass is 35.5. The van der Waals surface area contributed by atoms with E-state index in [1.807, 2.05) is 0 Å². The zero-order chi connectivity index (χ0) is 17.3. The summed E-state index contributed by atoms with van der Waals surface area (Å²) in [6.07, 6.45) is 1.93. The molecule has 1 aliphatic carbocycles. The zero-order valence-corrected chi connectivity index (χ0v) is 14.3. The van der Waals surface area contributed by atoms with Crippen molar-refractivity contribution in [1.29, 1.82) is 0 Å². The lowest BCUT2D eigenvalue weighted by atomic mass is 10.2. The molecule has 1 aromatic heterocycles. The van der Waals surface area contributed by atoms with Crippen molar-refractivity contribution in [3.8, 4) is 0 Å². The molecule has 24 heavy (non-hydrogen) atoms. The Hall–Kier alpha value is -1.92. The van der Waals surface area contributed by atoms with Gasteiger partial charge in [0.2, 0.25) is 0 Å². The molecule has 0 aliphatic heterocycles. The number of nitrogens with one attached hydrogen (secondary N) is 1. The molecule has 1 fully saturated rings. The molecule has 1 heterocycles. The Morgan fingerprint density at radius 2 is 2.12 bits per heavy atom. The van der Waals surface area contributed by atoms with E-state index in [9.17, 15) is 9.18 Å². The summed E-state index contributed by atoms with van der Waals surface area (Å²) in [6, 6.07) is 4.40. The van der Waals surface area contributed by atoms with Crippen LogP contribution in [0.1, 0.15) is 40.6 Å². The second kappa shape index (κ2) is 6.91. The minimum absolute atomic E-state index is 0.00939. The van der Waals surface area contributed by atoms with Gasteiger partial charge < -0.3 is 10.1 Å². The highest BCUT2D eigenvalue weighted by molar-refractivity contribution is 6.35. The van der Waals surface area contributed by atoms with Crippen LogP contribution in [-0.4, -0.2) is 23.0 Å². The molecule has 126 valence electrons. The number of anilines is 1. The van der Waals surface area contributed by atoms with E-state index < -0.39 is 11.8 Å². The van der Waals surface area contributed by atoms with Gasteiger partial charge in [0.15, 0.2) is 5.69 Å². The maximum Gasteiger partial charge on any atom is 0.358 e. The van der Waals surface area contributed by atoms with Gasteiger partial charge in [0, 0.05) is 23.0 Å². The van der Waals surface area contributed by atoms with E-state index in [2.05, 4.69) is 15.3 Å². The van der Waals surface area contributed by atoms with Crippen LogP contribution in [0.15, 0.2) is 18.2 Å². The molecule has 1 saturated carbocycles. The molecule has 1 N–H and O–H groups in total. The van der Waals surface area contributed by atoms with Gasteiger partial charge in [-0.2, -0.15) is 0 Å². The fourth-order valence-corrected chi connectivity index (χ4v) is 2.57. The SMILES string of the molecule is COC(=O)c1nc(C2CC2)nc(NCc2ccc(Cl)cc2F)c1Cl. The Bertz CT molecular complexity index is 797. The molecule has 5 nitrogen and oxygen atoms in total. The Labute approximate surface area is 148 Å². The van der Waals surface area contributed by atoms with Crippen molar-refractivity contribution in [3.63, 3.8) is 0 Å². The van der Waals surface area contributed by atoms with Crippen molar-refractivity contribution < 1.29 is 13.9 Å². The summed E-state index contributed by atoms with van der Waals surface area (Å²) in [6.45, 7) is 0.143. The van der Waals surface area contributed by atoms with Crippen LogP contribution in [0.25, 0.3) is 0 Å². The van der Waals surface area contributed by atoms with Gasteiger partial charge in [0.1, 0.15) is 22.5 Å². The van der Waals surface area contributed by atoms with E-state index in [0.717, 1.165) is 12.8 Å². The predicted molar refractivity (Wildman–Crippen MR) is 89.1 cm³/mol. The largest absolute Gasteiger partial charge is 0.464 e. The highest BCUT2D eigenvalue weighted by Gasteiger charge is 2.30. The standard InChI is InChI=1S/C16H14Cl2FN3O2/c1-24-16(23)13-12(18)15(22-14(21-13)8-2-3-8)20-7-9-4-5-10(17)6-11(9)19/h4-6,8H,2-3,7H2,1H3,(H,20,21,22). The van der Waals surface area contributed by atoms with E-state index in [-0.39, 0.29) is 29.0 Å². The van der Waals surface area contributed by atoms with E-state index in [1.54, 1.807) is 12.1 Å². The van der Waals surface area contributed by atoms with Gasteiger partial charge in [-0.3, -0.25) is 0 Å². The Morgan fingerprint density at radius 3 is 2.75 bits per heavy atom. The number of aromatic nitrogens is 2. The Balaban J connectivity index is 1.88. The number of methoxy groups -OCH3 is 1. The zero-order valence-electron chi connectivity index (χ0n) is 12.8. The number of hydrogen-bond donors (Lipinski definition) is 1. The van der Waals surface area contributed by atoms with Crippen molar-refractivity contribution >= 4 is 35.0 Å². The highest BCUT2D eigenvalue weighted by Crippen LogP contribution is 2.39. The molecule has 0 atom stereocenters. The number of rotatable bonds is 5. The number of nitrogens with zero attached hydrogens (tertiary/aromatic N) is 2. The van der Waals surface area contributed by atoms with Crippen LogP contribution in [0.4, 0.5) is 10.2 Å².